The zero-order chi connectivity index (χ0) is 17.4. The normalized spacial score (nSPS) is 10.8. The number of hydrogen-bond acceptors (Lipinski definition) is 3. The van der Waals surface area contributed by atoms with E-state index in [0.29, 0.717) is 27.0 Å². The summed E-state index contributed by atoms with van der Waals surface area (Å²) in [6, 6.07) is 10.7. The second-order valence-corrected chi connectivity index (χ2v) is 6.07. The molecule has 0 amide bonds. The van der Waals surface area contributed by atoms with E-state index in [1.54, 1.807) is 24.3 Å². The van der Waals surface area contributed by atoms with Crippen LogP contribution in [0.2, 0.25) is 5.02 Å². The van der Waals surface area contributed by atoms with E-state index in [-0.39, 0.29) is 5.56 Å². The first-order chi connectivity index (χ1) is 11.4. The highest BCUT2D eigenvalue weighted by Gasteiger charge is 2.19. The third-order valence-corrected chi connectivity index (χ3v) is 4.34. The lowest BCUT2D eigenvalue weighted by atomic mass is 9.98. The topological polar surface area (TPSA) is 48.3 Å². The van der Waals surface area contributed by atoms with Crippen LogP contribution in [0.5, 0.6) is 0 Å². The lowest BCUT2D eigenvalue weighted by molar-refractivity contribution is 0.0602. The average Bonchev–Trinajstić information content (AvgIpc) is 2.58. The Morgan fingerprint density at radius 2 is 1.58 bits per heavy atom. The molecule has 1 aromatic heterocycles. The predicted molar refractivity (Wildman–Crippen MR) is 95.4 cm³/mol. The first-order valence-corrected chi connectivity index (χ1v) is 7.81. The monoisotopic (exact) mass is 341 g/mol. The summed E-state index contributed by atoms with van der Waals surface area (Å²) in [6.07, 6.45) is 1.53. The molecule has 1 heterocycles. The van der Waals surface area contributed by atoms with Crippen LogP contribution in [0, 0.1) is 13.8 Å². The fraction of sp³-hybridized carbons (Fsp3) is 0.158. The predicted octanol–water partition coefficient (Wildman–Crippen LogP) is 4.05. The van der Waals surface area contributed by atoms with E-state index in [2.05, 4.69) is 0 Å². The Kier molecular flexibility index (Phi) is 4.16. The number of nitrogens with zero attached hydrogens (tertiary/aromatic N) is 1. The first-order valence-electron chi connectivity index (χ1n) is 7.44. The van der Waals surface area contributed by atoms with Gasteiger partial charge < -0.3 is 4.74 Å². The van der Waals surface area contributed by atoms with Crippen molar-refractivity contribution in [3.63, 3.8) is 0 Å². The number of carbonyl (C=O) groups excluding carboxylic acids is 1. The number of esters is 1. The molecule has 0 atom stereocenters. The number of halogens is 1. The Hall–Kier alpha value is -2.59. The van der Waals surface area contributed by atoms with E-state index in [0.717, 1.165) is 11.1 Å². The van der Waals surface area contributed by atoms with Crippen molar-refractivity contribution >= 4 is 28.3 Å². The lowest BCUT2D eigenvalue weighted by Crippen LogP contribution is -2.22. The number of fused-ring (bicyclic) bond motifs is 1. The maximum Gasteiger partial charge on any atom is 0.340 e. The van der Waals surface area contributed by atoms with E-state index in [1.165, 1.54) is 17.9 Å². The van der Waals surface area contributed by atoms with Crippen molar-refractivity contribution in [2.45, 2.75) is 13.8 Å². The summed E-state index contributed by atoms with van der Waals surface area (Å²) in [5, 5.41) is 1.73. The summed E-state index contributed by atoms with van der Waals surface area (Å²) in [4.78, 5) is 25.3. The molecule has 0 bridgehead atoms. The number of benzene rings is 2. The Balaban J connectivity index is 2.47. The molecule has 122 valence electrons. The molecule has 5 heteroatoms. The fourth-order valence-electron chi connectivity index (χ4n) is 2.86. The third kappa shape index (κ3) is 2.59. The molecule has 0 aliphatic carbocycles. The van der Waals surface area contributed by atoms with E-state index < -0.39 is 5.97 Å². The number of pyridine rings is 1. The molecular formula is C19H16ClNO3. The van der Waals surface area contributed by atoms with Crippen molar-refractivity contribution in [1.82, 2.24) is 4.57 Å². The smallest absolute Gasteiger partial charge is 0.340 e. The standard InChI is InChI=1S/C19H16ClNO3/c1-11-4-5-12(2)17-16(11)15(19(23)24-3)10-21(18(17)22)14-8-6-13(20)7-9-14/h4-10H,1-3H3. The molecule has 4 nitrogen and oxygen atoms in total. The van der Waals surface area contributed by atoms with Crippen LogP contribution in [0.15, 0.2) is 47.4 Å². The van der Waals surface area contributed by atoms with E-state index >= 15 is 0 Å². The van der Waals surface area contributed by atoms with Crippen LogP contribution in [-0.2, 0) is 4.74 Å². The summed E-state index contributed by atoms with van der Waals surface area (Å²) in [5.74, 6) is -0.476. The van der Waals surface area contributed by atoms with Gasteiger partial charge in [0.05, 0.1) is 18.1 Å². The largest absolute Gasteiger partial charge is 0.465 e. The molecule has 0 N–H and O–H groups in total. The number of ether oxygens (including phenoxy) is 1. The highest BCUT2D eigenvalue weighted by molar-refractivity contribution is 6.30. The van der Waals surface area contributed by atoms with Crippen LogP contribution in [0.1, 0.15) is 21.5 Å². The van der Waals surface area contributed by atoms with Gasteiger partial charge in [0.25, 0.3) is 5.56 Å². The quantitative estimate of drug-likeness (QED) is 0.661. The fourth-order valence-corrected chi connectivity index (χ4v) is 2.99. The second kappa shape index (κ2) is 6.13. The van der Waals surface area contributed by atoms with Crippen LogP contribution in [0.3, 0.4) is 0 Å². The molecule has 24 heavy (non-hydrogen) atoms. The Morgan fingerprint density at radius 1 is 1.00 bits per heavy atom. The molecule has 0 aliphatic rings. The summed E-state index contributed by atoms with van der Waals surface area (Å²) < 4.78 is 6.37. The Bertz CT molecular complexity index is 1000. The van der Waals surface area contributed by atoms with Crippen molar-refractivity contribution in [3.8, 4) is 5.69 Å². The molecule has 3 aromatic rings. The molecule has 0 saturated carbocycles. The molecule has 0 unspecified atom stereocenters. The maximum absolute atomic E-state index is 13.0. The summed E-state index contributed by atoms with van der Waals surface area (Å²) in [5.41, 5.74) is 2.49. The van der Waals surface area contributed by atoms with Crippen molar-refractivity contribution in [3.05, 3.63) is 74.7 Å². The number of aromatic nitrogens is 1. The van der Waals surface area contributed by atoms with Gasteiger partial charge in [-0.05, 0) is 49.2 Å². The summed E-state index contributed by atoms with van der Waals surface area (Å²) in [6.45, 7) is 3.73. The van der Waals surface area contributed by atoms with Gasteiger partial charge >= 0.3 is 5.97 Å². The maximum atomic E-state index is 13.0. The van der Waals surface area contributed by atoms with E-state index in [9.17, 15) is 9.59 Å². The van der Waals surface area contributed by atoms with Gasteiger partial charge in [-0.2, -0.15) is 0 Å². The van der Waals surface area contributed by atoms with Gasteiger partial charge in [0, 0.05) is 22.3 Å². The molecule has 0 aliphatic heterocycles. The minimum atomic E-state index is -0.476. The van der Waals surface area contributed by atoms with Gasteiger partial charge in [-0.3, -0.25) is 9.36 Å². The van der Waals surface area contributed by atoms with Gasteiger partial charge in [-0.15, -0.1) is 0 Å². The molecule has 0 radical (unpaired) electrons. The molecule has 2 aromatic carbocycles. The van der Waals surface area contributed by atoms with Crippen molar-refractivity contribution in [2.75, 3.05) is 7.11 Å². The van der Waals surface area contributed by atoms with Crippen LogP contribution in [0.25, 0.3) is 16.5 Å². The number of methoxy groups -OCH3 is 1. The average molecular weight is 342 g/mol. The highest BCUT2D eigenvalue weighted by atomic mass is 35.5. The third-order valence-electron chi connectivity index (χ3n) is 4.09. The van der Waals surface area contributed by atoms with E-state index in [1.807, 2.05) is 26.0 Å². The number of carbonyl (C=O) groups is 1. The molecule has 0 saturated heterocycles. The zero-order valence-corrected chi connectivity index (χ0v) is 14.3. The van der Waals surface area contributed by atoms with Gasteiger partial charge in [0.1, 0.15) is 0 Å². The minimum Gasteiger partial charge on any atom is -0.465 e. The van der Waals surface area contributed by atoms with Crippen LogP contribution in [0.4, 0.5) is 0 Å². The van der Waals surface area contributed by atoms with Crippen molar-refractivity contribution in [2.24, 2.45) is 0 Å². The molecular weight excluding hydrogens is 326 g/mol. The SMILES string of the molecule is COC(=O)c1cn(-c2ccc(Cl)cc2)c(=O)c2c(C)ccc(C)c12. The molecule has 0 spiro atoms. The van der Waals surface area contributed by atoms with Gasteiger partial charge in [0.2, 0.25) is 0 Å². The molecule has 0 fully saturated rings. The lowest BCUT2D eigenvalue weighted by Gasteiger charge is -2.14. The Labute approximate surface area is 144 Å². The van der Waals surface area contributed by atoms with Gasteiger partial charge in [0.15, 0.2) is 0 Å². The highest BCUT2D eigenvalue weighted by Crippen LogP contribution is 2.25. The number of hydrogen-bond donors (Lipinski definition) is 0. The van der Waals surface area contributed by atoms with Crippen LogP contribution < -0.4 is 5.56 Å². The van der Waals surface area contributed by atoms with Crippen molar-refractivity contribution in [1.29, 1.82) is 0 Å². The first kappa shape index (κ1) is 16.3. The zero-order valence-electron chi connectivity index (χ0n) is 13.6. The van der Waals surface area contributed by atoms with E-state index in [4.69, 9.17) is 16.3 Å². The second-order valence-electron chi connectivity index (χ2n) is 5.64. The molecule has 3 rings (SSSR count). The summed E-state index contributed by atoms with van der Waals surface area (Å²) in [7, 11) is 1.33. The van der Waals surface area contributed by atoms with Gasteiger partial charge in [-0.1, -0.05) is 23.7 Å². The Morgan fingerprint density at radius 3 is 2.17 bits per heavy atom. The minimum absolute atomic E-state index is 0.179. The summed E-state index contributed by atoms with van der Waals surface area (Å²) >= 11 is 5.92. The number of rotatable bonds is 2. The van der Waals surface area contributed by atoms with Crippen LogP contribution >= 0.6 is 11.6 Å². The van der Waals surface area contributed by atoms with Crippen molar-refractivity contribution < 1.29 is 9.53 Å². The van der Waals surface area contributed by atoms with Gasteiger partial charge in [-0.25, -0.2) is 4.79 Å². The number of aryl methyl sites for hydroxylation is 2. The van der Waals surface area contributed by atoms with Crippen LogP contribution in [-0.4, -0.2) is 17.6 Å².